The fraction of sp³-hybridized carbons (Fsp3) is 0.537. The van der Waals surface area contributed by atoms with Gasteiger partial charge in [0.25, 0.3) is 0 Å². The maximum Gasteiger partial charge on any atom is 0.404 e. The van der Waals surface area contributed by atoms with E-state index in [4.69, 9.17) is 18.6 Å². The topological polar surface area (TPSA) is 136 Å². The highest BCUT2D eigenvalue weighted by molar-refractivity contribution is 6.74. The van der Waals surface area contributed by atoms with Crippen LogP contribution in [0.25, 0.3) is 10.8 Å². The van der Waals surface area contributed by atoms with Crippen LogP contribution in [0.3, 0.4) is 0 Å². The van der Waals surface area contributed by atoms with Crippen molar-refractivity contribution < 1.29 is 38.1 Å². The number of rotatable bonds is 19. The molecular formula is C41H61N3O8Si. The SMILES string of the molecule is CCOC(CN(Cc1cccc2ccccc12)C(=O)C(Cc1ccc(OC(C)(C)C)cc1)NC(=O)CC(CO[Si](C)(C)C(C)(C)C)NC(=O)O)OCC. The fourth-order valence-corrected chi connectivity index (χ4v) is 6.66. The number of carbonyl (C=O) groups is 3. The summed E-state index contributed by atoms with van der Waals surface area (Å²) in [5, 5.41) is 17.0. The molecule has 3 aromatic rings. The Labute approximate surface area is 316 Å². The van der Waals surface area contributed by atoms with Gasteiger partial charge in [0.05, 0.1) is 19.2 Å². The second-order valence-corrected chi connectivity index (χ2v) is 20.6. The van der Waals surface area contributed by atoms with Crippen LogP contribution in [0.1, 0.15) is 72.9 Å². The predicted molar refractivity (Wildman–Crippen MR) is 212 cm³/mol. The third kappa shape index (κ3) is 14.1. The Bertz CT molecular complexity index is 1620. The maximum atomic E-state index is 14.8. The molecule has 11 nitrogen and oxygen atoms in total. The van der Waals surface area contributed by atoms with E-state index in [0.717, 1.165) is 21.9 Å². The lowest BCUT2D eigenvalue weighted by Gasteiger charge is -2.37. The first-order chi connectivity index (χ1) is 24.8. The Hall–Kier alpha value is -3.97. The molecule has 3 N–H and O–H groups in total. The third-order valence-corrected chi connectivity index (χ3v) is 13.8. The fourth-order valence-electron chi connectivity index (χ4n) is 5.61. The average molecular weight is 752 g/mol. The van der Waals surface area contributed by atoms with Crippen molar-refractivity contribution in [3.63, 3.8) is 0 Å². The van der Waals surface area contributed by atoms with E-state index in [9.17, 15) is 19.5 Å². The number of carbonyl (C=O) groups excluding carboxylic acids is 2. The van der Waals surface area contributed by atoms with Crippen molar-refractivity contribution in [2.24, 2.45) is 0 Å². The van der Waals surface area contributed by atoms with Crippen LogP contribution in [0.2, 0.25) is 18.1 Å². The van der Waals surface area contributed by atoms with E-state index in [1.165, 1.54) is 0 Å². The van der Waals surface area contributed by atoms with Crippen LogP contribution in [0, 0.1) is 0 Å². The molecule has 3 amide bonds. The van der Waals surface area contributed by atoms with E-state index in [1.54, 1.807) is 4.90 Å². The van der Waals surface area contributed by atoms with Gasteiger partial charge < -0.3 is 39.3 Å². The molecular weight excluding hydrogens is 691 g/mol. The highest BCUT2D eigenvalue weighted by atomic mass is 28.4. The standard InChI is InChI=1S/C41H61N3O8Si/c1-11-49-37(50-12-2)27-44(26-31-18-15-17-30-16-13-14-19-34(30)31)38(46)35(24-29-20-22-33(23-21-29)52-40(3,4)5)43-36(45)25-32(42-39(47)48)28-51-53(9,10)41(6,7)8/h13-23,32,35,37,42H,11-12,24-28H2,1-10H3,(H,43,45)(H,47,48). The van der Waals surface area contributed by atoms with Crippen LogP contribution in [0.15, 0.2) is 66.7 Å². The van der Waals surface area contributed by atoms with Crippen LogP contribution >= 0.6 is 0 Å². The van der Waals surface area contributed by atoms with Crippen LogP contribution in [-0.2, 0) is 36.5 Å². The van der Waals surface area contributed by atoms with Gasteiger partial charge in [-0.2, -0.15) is 0 Å². The molecule has 0 aromatic heterocycles. The van der Waals surface area contributed by atoms with E-state index in [-0.39, 0.29) is 49.1 Å². The molecule has 0 aliphatic carbocycles. The molecule has 0 saturated carbocycles. The molecule has 0 bridgehead atoms. The smallest absolute Gasteiger partial charge is 0.404 e. The lowest BCUT2D eigenvalue weighted by molar-refractivity contribution is -0.161. The largest absolute Gasteiger partial charge is 0.488 e. The Balaban J connectivity index is 1.99. The summed E-state index contributed by atoms with van der Waals surface area (Å²) in [4.78, 5) is 42.1. The zero-order valence-corrected chi connectivity index (χ0v) is 34.3. The summed E-state index contributed by atoms with van der Waals surface area (Å²) < 4.78 is 24.1. The Kier molecular flexibility index (Phi) is 15.9. The summed E-state index contributed by atoms with van der Waals surface area (Å²) in [6, 6.07) is 19.6. The molecule has 0 radical (unpaired) electrons. The van der Waals surface area contributed by atoms with Crippen molar-refractivity contribution in [3.8, 4) is 5.75 Å². The number of fused-ring (bicyclic) bond motifs is 1. The highest BCUT2D eigenvalue weighted by Crippen LogP contribution is 2.36. The molecule has 0 heterocycles. The van der Waals surface area contributed by atoms with Crippen molar-refractivity contribution in [2.45, 2.75) is 117 Å². The van der Waals surface area contributed by atoms with Crippen molar-refractivity contribution >= 4 is 37.0 Å². The molecule has 292 valence electrons. The molecule has 0 aliphatic rings. The summed E-state index contributed by atoms with van der Waals surface area (Å²) >= 11 is 0. The van der Waals surface area contributed by atoms with Gasteiger partial charge in [-0.05, 0) is 86.8 Å². The molecule has 0 aliphatic heterocycles. The highest BCUT2D eigenvalue weighted by Gasteiger charge is 2.38. The monoisotopic (exact) mass is 751 g/mol. The molecule has 0 spiro atoms. The van der Waals surface area contributed by atoms with Gasteiger partial charge in [0, 0.05) is 32.6 Å². The summed E-state index contributed by atoms with van der Waals surface area (Å²) in [5.41, 5.74) is 1.36. The first-order valence-corrected chi connectivity index (χ1v) is 21.4. The number of benzene rings is 3. The predicted octanol–water partition coefficient (Wildman–Crippen LogP) is 7.52. The van der Waals surface area contributed by atoms with Gasteiger partial charge in [-0.3, -0.25) is 9.59 Å². The number of carboxylic acid groups (broad SMARTS) is 1. The van der Waals surface area contributed by atoms with E-state index in [2.05, 4.69) is 44.5 Å². The number of amides is 3. The van der Waals surface area contributed by atoms with Gasteiger partial charge in [0.1, 0.15) is 17.4 Å². The number of ether oxygens (including phenoxy) is 3. The lowest BCUT2D eigenvalue weighted by Crippen LogP contribution is -2.53. The van der Waals surface area contributed by atoms with Gasteiger partial charge in [-0.1, -0.05) is 75.4 Å². The molecule has 12 heteroatoms. The van der Waals surface area contributed by atoms with Crippen molar-refractivity contribution in [1.29, 1.82) is 0 Å². The molecule has 3 aromatic carbocycles. The summed E-state index contributed by atoms with van der Waals surface area (Å²) in [6.45, 7) is 21.2. The minimum Gasteiger partial charge on any atom is -0.488 e. The van der Waals surface area contributed by atoms with Crippen LogP contribution < -0.4 is 15.4 Å². The summed E-state index contributed by atoms with van der Waals surface area (Å²) in [5.74, 6) is -0.123. The molecule has 3 rings (SSSR count). The molecule has 2 atom stereocenters. The van der Waals surface area contributed by atoms with E-state index >= 15 is 0 Å². The molecule has 53 heavy (non-hydrogen) atoms. The molecule has 0 saturated heterocycles. The number of hydrogen-bond donors (Lipinski definition) is 3. The van der Waals surface area contributed by atoms with Gasteiger partial charge in [0.15, 0.2) is 14.6 Å². The van der Waals surface area contributed by atoms with Crippen molar-refractivity contribution in [3.05, 3.63) is 77.9 Å². The van der Waals surface area contributed by atoms with Gasteiger partial charge in [0.2, 0.25) is 11.8 Å². The normalized spacial score (nSPS) is 13.4. The Morgan fingerprint density at radius 3 is 2.06 bits per heavy atom. The van der Waals surface area contributed by atoms with Gasteiger partial charge in [-0.25, -0.2) is 4.79 Å². The van der Waals surface area contributed by atoms with Crippen molar-refractivity contribution in [2.75, 3.05) is 26.4 Å². The van der Waals surface area contributed by atoms with Crippen LogP contribution in [0.4, 0.5) is 4.79 Å². The van der Waals surface area contributed by atoms with Gasteiger partial charge >= 0.3 is 6.09 Å². The molecule has 2 unspecified atom stereocenters. The minimum absolute atomic E-state index is 0.0294. The zero-order chi connectivity index (χ0) is 39.4. The third-order valence-electron chi connectivity index (χ3n) is 9.26. The number of nitrogens with zero attached hydrogens (tertiary/aromatic N) is 1. The average Bonchev–Trinajstić information content (AvgIpc) is 3.06. The maximum absolute atomic E-state index is 14.8. The number of nitrogens with one attached hydrogen (secondary N) is 2. The zero-order valence-electron chi connectivity index (χ0n) is 33.3. The number of hydrogen-bond acceptors (Lipinski definition) is 7. The first kappa shape index (κ1) is 43.4. The molecule has 0 fully saturated rings. The van der Waals surface area contributed by atoms with Crippen LogP contribution in [-0.4, -0.2) is 86.6 Å². The quantitative estimate of drug-likeness (QED) is 0.0846. The van der Waals surface area contributed by atoms with Gasteiger partial charge in [-0.15, -0.1) is 0 Å². The van der Waals surface area contributed by atoms with E-state index < -0.39 is 38.7 Å². The van der Waals surface area contributed by atoms with E-state index in [1.807, 2.05) is 101 Å². The minimum atomic E-state index is -2.25. The van der Waals surface area contributed by atoms with E-state index in [0.29, 0.717) is 19.0 Å². The second kappa shape index (κ2) is 19.4. The Morgan fingerprint density at radius 1 is 0.849 bits per heavy atom. The summed E-state index contributed by atoms with van der Waals surface area (Å²) in [6.07, 6.45) is -1.98. The summed E-state index contributed by atoms with van der Waals surface area (Å²) in [7, 11) is -2.25. The lowest BCUT2D eigenvalue weighted by atomic mass is 10.0. The van der Waals surface area contributed by atoms with Crippen LogP contribution in [0.5, 0.6) is 5.75 Å². The Morgan fingerprint density at radius 2 is 1.47 bits per heavy atom. The van der Waals surface area contributed by atoms with Crippen molar-refractivity contribution in [1.82, 2.24) is 15.5 Å². The first-order valence-electron chi connectivity index (χ1n) is 18.5. The second-order valence-electron chi connectivity index (χ2n) is 15.8.